The molecule has 3 nitrogen and oxygen atoms in total. The number of rotatable bonds is 3. The third kappa shape index (κ3) is 1.48. The van der Waals surface area contributed by atoms with Gasteiger partial charge >= 0.3 is 0 Å². The average Bonchev–Trinajstić information content (AvgIpc) is 2.67. The van der Waals surface area contributed by atoms with Gasteiger partial charge in [0.2, 0.25) is 5.91 Å². The fourth-order valence-corrected chi connectivity index (χ4v) is 1.34. The molecule has 58 valence electrons. The van der Waals surface area contributed by atoms with Gasteiger partial charge in [0.25, 0.3) is 0 Å². The number of hydrogen-bond acceptors (Lipinski definition) is 2. The van der Waals surface area contributed by atoms with Crippen LogP contribution in [0.25, 0.3) is 0 Å². The highest BCUT2D eigenvalue weighted by atomic mass is 16.5. The maximum atomic E-state index is 10.7. The van der Waals surface area contributed by atoms with Gasteiger partial charge in [0, 0.05) is 5.92 Å². The summed E-state index contributed by atoms with van der Waals surface area (Å²) in [6, 6.07) is 0. The Morgan fingerprint density at radius 2 is 2.50 bits per heavy atom. The van der Waals surface area contributed by atoms with Crippen LogP contribution < -0.4 is 5.48 Å². The molecule has 1 rings (SSSR count). The molecule has 3 heteroatoms. The minimum atomic E-state index is -0.210. The predicted octanol–water partition coefficient (Wildman–Crippen LogP) is 0.928. The topological polar surface area (TPSA) is 49.3 Å². The second-order valence-corrected chi connectivity index (χ2v) is 2.87. The van der Waals surface area contributed by atoms with Gasteiger partial charge in [-0.3, -0.25) is 10.0 Å². The van der Waals surface area contributed by atoms with E-state index < -0.39 is 0 Å². The molecular formula is C7H13NO2. The molecule has 1 aliphatic rings. The van der Waals surface area contributed by atoms with Gasteiger partial charge in [-0.25, -0.2) is 5.48 Å². The fraction of sp³-hybridized carbons (Fsp3) is 0.857. The molecule has 0 radical (unpaired) electrons. The third-order valence-corrected chi connectivity index (χ3v) is 2.03. The van der Waals surface area contributed by atoms with Gasteiger partial charge in [-0.05, 0) is 18.8 Å². The summed E-state index contributed by atoms with van der Waals surface area (Å²) >= 11 is 0. The molecule has 0 aromatic heterocycles. The molecule has 0 saturated heterocycles. The van der Waals surface area contributed by atoms with Crippen molar-refractivity contribution in [1.29, 1.82) is 0 Å². The number of nitrogens with one attached hydrogen (secondary N) is 1. The van der Waals surface area contributed by atoms with E-state index in [4.69, 9.17) is 5.21 Å². The molecule has 2 N–H and O–H groups in total. The molecule has 1 aliphatic carbocycles. The number of hydroxylamine groups is 1. The molecule has 1 fully saturated rings. The van der Waals surface area contributed by atoms with Gasteiger partial charge < -0.3 is 0 Å². The summed E-state index contributed by atoms with van der Waals surface area (Å²) in [5, 5.41) is 8.23. The first-order chi connectivity index (χ1) is 4.79. The highest BCUT2D eigenvalue weighted by Crippen LogP contribution is 2.41. The van der Waals surface area contributed by atoms with E-state index in [1.54, 1.807) is 5.48 Å². The fourth-order valence-electron chi connectivity index (χ4n) is 1.34. The molecule has 0 aromatic carbocycles. The van der Waals surface area contributed by atoms with Crippen LogP contribution >= 0.6 is 0 Å². The van der Waals surface area contributed by atoms with Crippen LogP contribution in [0.1, 0.15) is 26.2 Å². The van der Waals surface area contributed by atoms with Crippen LogP contribution in [-0.2, 0) is 4.79 Å². The van der Waals surface area contributed by atoms with Gasteiger partial charge in [0.15, 0.2) is 0 Å². The maximum Gasteiger partial charge on any atom is 0.246 e. The molecule has 0 aliphatic heterocycles. The summed E-state index contributed by atoms with van der Waals surface area (Å²) in [4.78, 5) is 10.7. The van der Waals surface area contributed by atoms with Crippen LogP contribution in [0.4, 0.5) is 0 Å². The molecular weight excluding hydrogens is 130 g/mol. The molecule has 0 spiro atoms. The van der Waals surface area contributed by atoms with Crippen LogP contribution in [0, 0.1) is 11.8 Å². The van der Waals surface area contributed by atoms with Crippen molar-refractivity contribution >= 4 is 5.91 Å². The van der Waals surface area contributed by atoms with Crippen molar-refractivity contribution in [1.82, 2.24) is 5.48 Å². The Morgan fingerprint density at radius 1 is 1.80 bits per heavy atom. The molecule has 1 saturated carbocycles. The van der Waals surface area contributed by atoms with E-state index in [-0.39, 0.29) is 11.8 Å². The van der Waals surface area contributed by atoms with E-state index >= 15 is 0 Å². The number of amides is 1. The van der Waals surface area contributed by atoms with Crippen molar-refractivity contribution in [3.8, 4) is 0 Å². The first kappa shape index (κ1) is 7.54. The Morgan fingerprint density at radius 3 is 3.00 bits per heavy atom. The zero-order chi connectivity index (χ0) is 7.56. The lowest BCUT2D eigenvalue weighted by molar-refractivity contribution is -0.130. The Labute approximate surface area is 60.4 Å². The van der Waals surface area contributed by atoms with E-state index in [1.165, 1.54) is 0 Å². The SMILES string of the molecule is CCC[C@@H]1C[C@H]1C(=O)NO. The lowest BCUT2D eigenvalue weighted by atomic mass is 10.2. The lowest BCUT2D eigenvalue weighted by Gasteiger charge is -1.94. The Hall–Kier alpha value is -0.570. The smallest absolute Gasteiger partial charge is 0.246 e. The monoisotopic (exact) mass is 143 g/mol. The van der Waals surface area contributed by atoms with E-state index in [1.807, 2.05) is 0 Å². The Balaban J connectivity index is 2.18. The van der Waals surface area contributed by atoms with Crippen LogP contribution in [0.3, 0.4) is 0 Å². The summed E-state index contributed by atoms with van der Waals surface area (Å²) in [6.45, 7) is 2.10. The molecule has 1 amide bonds. The highest BCUT2D eigenvalue weighted by molar-refractivity contribution is 5.80. The molecule has 10 heavy (non-hydrogen) atoms. The largest absolute Gasteiger partial charge is 0.289 e. The van der Waals surface area contributed by atoms with Crippen molar-refractivity contribution in [3.63, 3.8) is 0 Å². The van der Waals surface area contributed by atoms with E-state index in [2.05, 4.69) is 6.92 Å². The third-order valence-electron chi connectivity index (χ3n) is 2.03. The van der Waals surface area contributed by atoms with Gasteiger partial charge in [-0.1, -0.05) is 13.3 Å². The van der Waals surface area contributed by atoms with Crippen molar-refractivity contribution in [2.45, 2.75) is 26.2 Å². The predicted molar refractivity (Wildman–Crippen MR) is 36.4 cm³/mol. The van der Waals surface area contributed by atoms with E-state index in [0.29, 0.717) is 5.92 Å². The second kappa shape index (κ2) is 3.01. The van der Waals surface area contributed by atoms with Crippen molar-refractivity contribution < 1.29 is 10.0 Å². The number of carbonyl (C=O) groups is 1. The zero-order valence-corrected chi connectivity index (χ0v) is 6.13. The summed E-state index contributed by atoms with van der Waals surface area (Å²) in [7, 11) is 0. The zero-order valence-electron chi connectivity index (χ0n) is 6.13. The average molecular weight is 143 g/mol. The number of carbonyl (C=O) groups excluding carboxylic acids is 1. The Kier molecular flexibility index (Phi) is 2.27. The first-order valence-corrected chi connectivity index (χ1v) is 3.73. The van der Waals surface area contributed by atoms with Crippen LogP contribution in [0.5, 0.6) is 0 Å². The first-order valence-electron chi connectivity index (χ1n) is 3.73. The van der Waals surface area contributed by atoms with Crippen molar-refractivity contribution in [3.05, 3.63) is 0 Å². The normalized spacial score (nSPS) is 29.8. The summed E-state index contributed by atoms with van der Waals surface area (Å²) in [5.74, 6) is 0.431. The summed E-state index contributed by atoms with van der Waals surface area (Å²) in [6.07, 6.45) is 3.19. The number of hydrogen-bond donors (Lipinski definition) is 2. The standard InChI is InChI=1S/C7H13NO2/c1-2-3-5-4-6(5)7(9)8-10/h5-6,10H,2-4H2,1H3,(H,8,9)/t5-,6-/m1/s1. The highest BCUT2D eigenvalue weighted by Gasteiger charge is 2.41. The van der Waals surface area contributed by atoms with Gasteiger partial charge in [-0.15, -0.1) is 0 Å². The lowest BCUT2D eigenvalue weighted by Crippen LogP contribution is -2.21. The van der Waals surface area contributed by atoms with E-state index in [0.717, 1.165) is 19.3 Å². The van der Waals surface area contributed by atoms with Gasteiger partial charge in [0.05, 0.1) is 0 Å². The minimum Gasteiger partial charge on any atom is -0.289 e. The molecule has 0 unspecified atom stereocenters. The van der Waals surface area contributed by atoms with E-state index in [9.17, 15) is 4.79 Å². The molecule has 0 bridgehead atoms. The minimum absolute atomic E-state index is 0.102. The van der Waals surface area contributed by atoms with Crippen LogP contribution in [0.15, 0.2) is 0 Å². The van der Waals surface area contributed by atoms with Crippen LogP contribution in [0.2, 0.25) is 0 Å². The summed E-state index contributed by atoms with van der Waals surface area (Å²) < 4.78 is 0. The molecule has 0 aromatic rings. The van der Waals surface area contributed by atoms with Gasteiger partial charge in [0.1, 0.15) is 0 Å². The second-order valence-electron chi connectivity index (χ2n) is 2.87. The molecule has 0 heterocycles. The van der Waals surface area contributed by atoms with Gasteiger partial charge in [-0.2, -0.15) is 0 Å². The van der Waals surface area contributed by atoms with Crippen LogP contribution in [-0.4, -0.2) is 11.1 Å². The maximum absolute atomic E-state index is 10.7. The van der Waals surface area contributed by atoms with Crippen molar-refractivity contribution in [2.24, 2.45) is 11.8 Å². The summed E-state index contributed by atoms with van der Waals surface area (Å²) in [5.41, 5.74) is 1.68. The van der Waals surface area contributed by atoms with Crippen molar-refractivity contribution in [2.75, 3.05) is 0 Å². The quantitative estimate of drug-likeness (QED) is 0.456. The molecule has 2 atom stereocenters. The Bertz CT molecular complexity index is 136.